The van der Waals surface area contributed by atoms with Crippen LogP contribution >= 0.6 is 23.2 Å². The molecule has 33 heavy (non-hydrogen) atoms. The summed E-state index contributed by atoms with van der Waals surface area (Å²) in [6.45, 7) is 7.26. The van der Waals surface area contributed by atoms with Crippen LogP contribution in [0.2, 0.25) is 10.0 Å². The van der Waals surface area contributed by atoms with Gasteiger partial charge in [-0.1, -0.05) is 29.3 Å². The lowest BCUT2D eigenvalue weighted by atomic mass is 10.0. The van der Waals surface area contributed by atoms with Crippen LogP contribution < -0.4 is 9.47 Å². The SMILES string of the molecule is [2H]C([2H])([2H])Oc1nc2c(c(Cl)c1-c1c(O)cccc1Cl)OC[C@H]1CN(C(=O)OC(C)(C)C)CCN1C2. The van der Waals surface area contributed by atoms with Crippen LogP contribution in [0.25, 0.3) is 11.1 Å². The third kappa shape index (κ3) is 4.78. The first-order valence-corrected chi connectivity index (χ1v) is 11.2. The van der Waals surface area contributed by atoms with Gasteiger partial charge < -0.3 is 24.2 Å². The van der Waals surface area contributed by atoms with E-state index >= 15 is 0 Å². The highest BCUT2D eigenvalue weighted by atomic mass is 35.5. The zero-order valence-corrected chi connectivity index (χ0v) is 20.0. The number of hydrogen-bond donors (Lipinski definition) is 1. The minimum Gasteiger partial charge on any atom is -0.507 e. The van der Waals surface area contributed by atoms with Crippen LogP contribution in [0.15, 0.2) is 18.2 Å². The first kappa shape index (κ1) is 20.0. The molecule has 8 nitrogen and oxygen atoms in total. The fourth-order valence-corrected chi connectivity index (χ4v) is 4.59. The largest absolute Gasteiger partial charge is 0.507 e. The Balaban J connectivity index is 1.70. The van der Waals surface area contributed by atoms with E-state index in [9.17, 15) is 9.90 Å². The first-order chi connectivity index (χ1) is 16.7. The van der Waals surface area contributed by atoms with Gasteiger partial charge in [0.1, 0.15) is 23.7 Å². The molecule has 10 heteroatoms. The minimum atomic E-state index is -2.83. The predicted octanol–water partition coefficient (Wildman–Crippen LogP) is 4.58. The van der Waals surface area contributed by atoms with Crippen molar-refractivity contribution in [1.82, 2.24) is 14.8 Å². The molecule has 0 spiro atoms. The minimum absolute atomic E-state index is 0.0184. The molecule has 1 fully saturated rings. The second-order valence-corrected chi connectivity index (χ2v) is 9.76. The summed E-state index contributed by atoms with van der Waals surface area (Å²) >= 11 is 13.1. The Morgan fingerprint density at radius 1 is 1.30 bits per heavy atom. The van der Waals surface area contributed by atoms with Crippen LogP contribution in [0.4, 0.5) is 4.79 Å². The van der Waals surface area contributed by atoms with Gasteiger partial charge in [-0.3, -0.25) is 4.90 Å². The Bertz CT molecular complexity index is 1150. The summed E-state index contributed by atoms with van der Waals surface area (Å²) in [7, 11) is -2.83. The maximum atomic E-state index is 12.6. The number of fused-ring (bicyclic) bond motifs is 2. The summed E-state index contributed by atoms with van der Waals surface area (Å²) in [5.41, 5.74) is -0.130. The lowest BCUT2D eigenvalue weighted by Crippen LogP contribution is -2.56. The van der Waals surface area contributed by atoms with Crippen LogP contribution in [-0.4, -0.2) is 70.9 Å². The standard InChI is InChI=1S/C23H27Cl2N3O5/c1-23(2,3)33-22(30)28-9-8-27-11-15-20(32-12-13(27)10-28)19(25)18(21(26-15)31-4)17-14(24)6-5-7-16(17)29/h5-7,13,29H,8-12H2,1-4H3/t13-/m1/s1/i4D3. The number of carbonyl (C=O) groups is 1. The van der Waals surface area contributed by atoms with Gasteiger partial charge in [-0.15, -0.1) is 0 Å². The molecule has 178 valence electrons. The number of rotatable bonds is 2. The van der Waals surface area contributed by atoms with E-state index in [4.69, 9.17) is 41.5 Å². The van der Waals surface area contributed by atoms with Gasteiger partial charge in [0.15, 0.2) is 5.75 Å². The molecule has 2 aromatic rings. The number of methoxy groups -OCH3 is 1. The van der Waals surface area contributed by atoms with E-state index in [-0.39, 0.29) is 57.7 Å². The van der Waals surface area contributed by atoms with Crippen LogP contribution in [-0.2, 0) is 11.3 Å². The van der Waals surface area contributed by atoms with Crippen molar-refractivity contribution in [2.24, 2.45) is 0 Å². The molecule has 1 saturated heterocycles. The van der Waals surface area contributed by atoms with Gasteiger partial charge in [-0.05, 0) is 32.9 Å². The topological polar surface area (TPSA) is 84.4 Å². The Kier molecular flexibility index (Phi) is 5.50. The first-order valence-electron chi connectivity index (χ1n) is 12.0. The van der Waals surface area contributed by atoms with Crippen molar-refractivity contribution in [3.8, 4) is 28.5 Å². The lowest BCUT2D eigenvalue weighted by Gasteiger charge is -2.40. The van der Waals surface area contributed by atoms with E-state index in [0.29, 0.717) is 25.3 Å². The maximum absolute atomic E-state index is 12.6. The van der Waals surface area contributed by atoms with E-state index in [1.54, 1.807) is 11.0 Å². The molecular formula is C23H27Cl2N3O5. The van der Waals surface area contributed by atoms with Crippen LogP contribution in [0.3, 0.4) is 0 Å². The van der Waals surface area contributed by atoms with Gasteiger partial charge >= 0.3 is 6.09 Å². The molecule has 1 aromatic carbocycles. The molecular weight excluding hydrogens is 469 g/mol. The van der Waals surface area contributed by atoms with Crippen molar-refractivity contribution in [1.29, 1.82) is 0 Å². The molecule has 0 unspecified atom stereocenters. The molecule has 2 aliphatic rings. The summed E-state index contributed by atoms with van der Waals surface area (Å²) in [4.78, 5) is 20.8. The number of benzene rings is 1. The van der Waals surface area contributed by atoms with E-state index in [2.05, 4.69) is 9.88 Å². The molecule has 0 aliphatic carbocycles. The zero-order valence-electron chi connectivity index (χ0n) is 21.5. The number of pyridine rings is 1. The number of piperazine rings is 1. The summed E-state index contributed by atoms with van der Waals surface area (Å²) < 4.78 is 39.6. The molecule has 0 saturated carbocycles. The van der Waals surface area contributed by atoms with Crippen molar-refractivity contribution >= 4 is 29.3 Å². The maximum Gasteiger partial charge on any atom is 0.410 e. The van der Waals surface area contributed by atoms with Gasteiger partial charge in [0.05, 0.1) is 32.8 Å². The number of ether oxygens (including phenoxy) is 3. The highest BCUT2D eigenvalue weighted by Gasteiger charge is 2.36. The van der Waals surface area contributed by atoms with Crippen molar-refractivity contribution in [2.75, 3.05) is 33.3 Å². The Labute approximate surface area is 207 Å². The van der Waals surface area contributed by atoms with E-state index in [1.165, 1.54) is 12.1 Å². The third-order valence-electron chi connectivity index (χ3n) is 5.50. The van der Waals surface area contributed by atoms with Crippen molar-refractivity contribution < 1.29 is 28.2 Å². The number of aromatic nitrogens is 1. The van der Waals surface area contributed by atoms with Gasteiger partial charge in [0.2, 0.25) is 5.88 Å². The van der Waals surface area contributed by atoms with Crippen LogP contribution in [0, 0.1) is 0 Å². The summed E-state index contributed by atoms with van der Waals surface area (Å²) in [6.07, 6.45) is -0.398. The van der Waals surface area contributed by atoms with Gasteiger partial charge in [-0.2, -0.15) is 0 Å². The zero-order chi connectivity index (χ0) is 26.4. The predicted molar refractivity (Wildman–Crippen MR) is 125 cm³/mol. The number of nitrogens with zero attached hydrogens (tertiary/aromatic N) is 3. The van der Waals surface area contributed by atoms with Gasteiger partial charge in [-0.25, -0.2) is 9.78 Å². The molecule has 1 aromatic heterocycles. The number of phenolic OH excluding ortho intramolecular Hbond substituents is 1. The number of carbonyl (C=O) groups excluding carboxylic acids is 1. The monoisotopic (exact) mass is 498 g/mol. The Hall–Kier alpha value is -2.42. The second kappa shape index (κ2) is 9.08. The van der Waals surface area contributed by atoms with Crippen molar-refractivity contribution in [3.05, 3.63) is 33.9 Å². The number of amides is 1. The number of halogens is 2. The molecule has 1 amide bonds. The van der Waals surface area contributed by atoms with Crippen molar-refractivity contribution in [3.63, 3.8) is 0 Å². The molecule has 0 bridgehead atoms. The fourth-order valence-electron chi connectivity index (χ4n) is 3.99. The molecule has 1 N–H and O–H groups in total. The summed E-state index contributed by atoms with van der Waals surface area (Å²) in [6, 6.07) is 4.29. The Morgan fingerprint density at radius 2 is 2.09 bits per heavy atom. The third-order valence-corrected chi connectivity index (χ3v) is 6.17. The lowest BCUT2D eigenvalue weighted by molar-refractivity contribution is -0.00164. The average molecular weight is 499 g/mol. The summed E-state index contributed by atoms with van der Waals surface area (Å²) in [5.74, 6) is -0.278. The van der Waals surface area contributed by atoms with E-state index < -0.39 is 18.7 Å². The quantitative estimate of drug-likeness (QED) is 0.648. The molecule has 1 atom stereocenters. The van der Waals surface area contributed by atoms with Gasteiger partial charge in [0.25, 0.3) is 0 Å². The van der Waals surface area contributed by atoms with Crippen LogP contribution in [0.5, 0.6) is 17.4 Å². The highest BCUT2D eigenvalue weighted by molar-refractivity contribution is 6.38. The smallest absolute Gasteiger partial charge is 0.410 e. The number of aromatic hydroxyl groups is 1. The van der Waals surface area contributed by atoms with E-state index in [0.717, 1.165) is 0 Å². The number of hydrogen-bond acceptors (Lipinski definition) is 7. The number of phenols is 1. The highest BCUT2D eigenvalue weighted by Crippen LogP contribution is 2.48. The fraction of sp³-hybridized carbons (Fsp3) is 0.478. The van der Waals surface area contributed by atoms with E-state index in [1.807, 2.05) is 20.8 Å². The molecule has 0 radical (unpaired) electrons. The summed E-state index contributed by atoms with van der Waals surface area (Å²) in [5, 5.41) is 10.7. The van der Waals surface area contributed by atoms with Gasteiger partial charge in [0, 0.05) is 31.7 Å². The molecule has 4 rings (SSSR count). The molecule has 2 aliphatic heterocycles. The van der Waals surface area contributed by atoms with Crippen molar-refractivity contribution in [2.45, 2.75) is 39.0 Å². The Morgan fingerprint density at radius 3 is 2.79 bits per heavy atom. The van der Waals surface area contributed by atoms with Crippen LogP contribution in [0.1, 0.15) is 30.6 Å². The molecule has 3 heterocycles. The second-order valence-electron chi connectivity index (χ2n) is 8.98. The average Bonchev–Trinajstić information content (AvgIpc) is 2.92. The normalized spacial score (nSPS) is 20.3.